The van der Waals surface area contributed by atoms with E-state index in [1.54, 1.807) is 30.1 Å². The van der Waals surface area contributed by atoms with Crippen LogP contribution < -0.4 is 10.1 Å². The number of fused-ring (bicyclic) bond motifs is 2. The number of carbonyl (C=O) groups is 1. The molecule has 3 heterocycles. The molecule has 7 nitrogen and oxygen atoms in total. The van der Waals surface area contributed by atoms with Crippen molar-refractivity contribution in [2.24, 2.45) is 0 Å². The Labute approximate surface area is 134 Å². The number of carbonyl (C=O) groups excluding carboxylic acids is 1. The summed E-state index contributed by atoms with van der Waals surface area (Å²) in [4.78, 5) is 21.1. The molecule has 0 spiro atoms. The molecule has 0 aliphatic carbocycles. The number of thiazole rings is 1. The number of amides is 1. The Hall–Kier alpha value is -3.00. The van der Waals surface area contributed by atoms with E-state index in [1.165, 1.54) is 17.5 Å². The molecule has 0 atom stereocenters. The first-order valence-corrected chi connectivity index (χ1v) is 7.61. The number of nitrogens with one attached hydrogen (secondary N) is 1. The van der Waals surface area contributed by atoms with E-state index in [-0.39, 0.29) is 5.91 Å². The average molecular weight is 325 g/mol. The maximum Gasteiger partial charge on any atom is 0.262 e. The molecule has 1 aromatic carbocycles. The molecule has 4 rings (SSSR count). The molecular weight excluding hydrogens is 314 g/mol. The Morgan fingerprint density at radius 2 is 2.26 bits per heavy atom. The minimum atomic E-state index is -0.295. The number of nitrogens with zero attached hydrogens (tertiary/aromatic N) is 4. The van der Waals surface area contributed by atoms with E-state index in [9.17, 15) is 4.79 Å². The molecule has 23 heavy (non-hydrogen) atoms. The van der Waals surface area contributed by atoms with E-state index in [1.807, 2.05) is 18.2 Å². The van der Waals surface area contributed by atoms with Crippen LogP contribution in [-0.4, -0.2) is 32.6 Å². The number of methoxy groups -OCH3 is 1. The quantitative estimate of drug-likeness (QED) is 0.626. The van der Waals surface area contributed by atoms with Crippen molar-refractivity contribution < 1.29 is 9.53 Å². The van der Waals surface area contributed by atoms with Gasteiger partial charge in [-0.25, -0.2) is 14.5 Å². The lowest BCUT2D eigenvalue weighted by atomic mass is 10.3. The second-order valence-corrected chi connectivity index (χ2v) is 5.76. The first kappa shape index (κ1) is 13.6. The predicted octanol–water partition coefficient (Wildman–Crippen LogP) is 2.60. The van der Waals surface area contributed by atoms with Crippen LogP contribution >= 0.6 is 11.3 Å². The summed E-state index contributed by atoms with van der Waals surface area (Å²) < 4.78 is 7.78. The Kier molecular flexibility index (Phi) is 3.16. The van der Waals surface area contributed by atoms with E-state index in [4.69, 9.17) is 4.74 Å². The fourth-order valence-corrected chi connectivity index (χ4v) is 3.17. The highest BCUT2D eigenvalue weighted by atomic mass is 32.1. The molecule has 1 N–H and O–H groups in total. The maximum absolute atomic E-state index is 12.5. The molecule has 3 aromatic heterocycles. The first-order chi connectivity index (χ1) is 11.3. The summed E-state index contributed by atoms with van der Waals surface area (Å²) in [6.45, 7) is 0. The third-order valence-corrected chi connectivity index (χ3v) is 4.28. The number of hydrogen-bond donors (Lipinski definition) is 1. The first-order valence-electron chi connectivity index (χ1n) is 6.79. The smallest absolute Gasteiger partial charge is 0.262 e. The molecule has 114 valence electrons. The summed E-state index contributed by atoms with van der Waals surface area (Å²) in [5.74, 6) is 0.383. The highest BCUT2D eigenvalue weighted by Gasteiger charge is 2.16. The molecule has 0 aliphatic heterocycles. The lowest BCUT2D eigenvalue weighted by Gasteiger charge is -1.99. The van der Waals surface area contributed by atoms with Crippen molar-refractivity contribution in [3.05, 3.63) is 48.4 Å². The van der Waals surface area contributed by atoms with Crippen LogP contribution in [0.1, 0.15) is 10.4 Å². The van der Waals surface area contributed by atoms with Crippen molar-refractivity contribution in [1.29, 1.82) is 0 Å². The van der Waals surface area contributed by atoms with Crippen LogP contribution in [0, 0.1) is 0 Å². The van der Waals surface area contributed by atoms with Gasteiger partial charge in [0.1, 0.15) is 16.8 Å². The summed E-state index contributed by atoms with van der Waals surface area (Å²) in [6, 6.07) is 7.41. The van der Waals surface area contributed by atoms with Gasteiger partial charge in [-0.05, 0) is 18.2 Å². The van der Waals surface area contributed by atoms with Gasteiger partial charge in [-0.15, -0.1) is 0 Å². The normalized spacial score (nSPS) is 11.0. The van der Waals surface area contributed by atoms with Gasteiger partial charge in [0.15, 0.2) is 10.8 Å². The number of aromatic nitrogens is 4. The van der Waals surface area contributed by atoms with Gasteiger partial charge in [0, 0.05) is 12.4 Å². The van der Waals surface area contributed by atoms with Gasteiger partial charge in [-0.3, -0.25) is 10.1 Å². The maximum atomic E-state index is 12.5. The predicted molar refractivity (Wildman–Crippen MR) is 87.1 cm³/mol. The lowest BCUT2D eigenvalue weighted by Crippen LogP contribution is -2.11. The molecule has 0 saturated carbocycles. The van der Waals surface area contributed by atoms with Crippen LogP contribution in [0.25, 0.3) is 15.9 Å². The standard InChI is InChI=1S/C15H11N5O2S/c1-22-10-4-2-5-11-12(10)18-15(23-11)19-14(21)9-8-17-20-7-3-6-16-13(9)20/h2-8H,1H3,(H,18,19,21). The molecule has 0 saturated heterocycles. The Bertz CT molecular complexity index is 1020. The van der Waals surface area contributed by atoms with Crippen LogP contribution in [0.15, 0.2) is 42.9 Å². The fraction of sp³-hybridized carbons (Fsp3) is 0.0667. The van der Waals surface area contributed by atoms with Crippen LogP contribution in [0.5, 0.6) is 5.75 Å². The SMILES string of the molecule is COc1cccc2sc(NC(=O)c3cnn4cccnc34)nc12. The van der Waals surface area contributed by atoms with E-state index in [0.29, 0.717) is 22.1 Å². The highest BCUT2D eigenvalue weighted by Crippen LogP contribution is 2.32. The minimum Gasteiger partial charge on any atom is -0.494 e. The van der Waals surface area contributed by atoms with Crippen molar-refractivity contribution in [3.63, 3.8) is 0 Å². The summed E-state index contributed by atoms with van der Waals surface area (Å²) in [5.41, 5.74) is 1.63. The van der Waals surface area contributed by atoms with Crippen LogP contribution in [0.4, 0.5) is 5.13 Å². The summed E-state index contributed by atoms with van der Waals surface area (Å²) in [5, 5.41) is 7.41. The topological polar surface area (TPSA) is 81.4 Å². The van der Waals surface area contributed by atoms with Gasteiger partial charge in [-0.2, -0.15) is 5.10 Å². The zero-order valence-electron chi connectivity index (χ0n) is 12.1. The third kappa shape index (κ3) is 2.29. The second-order valence-electron chi connectivity index (χ2n) is 4.73. The summed E-state index contributed by atoms with van der Waals surface area (Å²) >= 11 is 1.39. The van der Waals surface area contributed by atoms with Gasteiger partial charge in [0.05, 0.1) is 18.0 Å². The van der Waals surface area contributed by atoms with Crippen molar-refractivity contribution in [1.82, 2.24) is 19.6 Å². The Morgan fingerprint density at radius 1 is 1.35 bits per heavy atom. The van der Waals surface area contributed by atoms with Crippen LogP contribution in [0.3, 0.4) is 0 Å². The average Bonchev–Trinajstić information content (AvgIpc) is 3.17. The Balaban J connectivity index is 1.69. The minimum absolute atomic E-state index is 0.295. The van der Waals surface area contributed by atoms with Crippen LogP contribution in [0.2, 0.25) is 0 Å². The molecule has 1 amide bonds. The Morgan fingerprint density at radius 3 is 3.13 bits per heavy atom. The van der Waals surface area contributed by atoms with Crippen molar-refractivity contribution in [2.75, 3.05) is 12.4 Å². The van der Waals surface area contributed by atoms with Gasteiger partial charge in [0.2, 0.25) is 0 Å². The van der Waals surface area contributed by atoms with Gasteiger partial charge in [-0.1, -0.05) is 17.4 Å². The molecule has 4 aromatic rings. The molecule has 0 unspecified atom stereocenters. The van der Waals surface area contributed by atoms with E-state index in [2.05, 4.69) is 20.4 Å². The molecule has 8 heteroatoms. The number of para-hydroxylation sites is 1. The van der Waals surface area contributed by atoms with E-state index >= 15 is 0 Å². The highest BCUT2D eigenvalue weighted by molar-refractivity contribution is 7.22. The zero-order chi connectivity index (χ0) is 15.8. The number of ether oxygens (including phenoxy) is 1. The largest absolute Gasteiger partial charge is 0.494 e. The molecular formula is C15H11N5O2S. The monoisotopic (exact) mass is 325 g/mol. The van der Waals surface area contributed by atoms with Crippen LogP contribution in [-0.2, 0) is 0 Å². The summed E-state index contributed by atoms with van der Waals surface area (Å²) in [7, 11) is 1.59. The van der Waals surface area contributed by atoms with Gasteiger partial charge < -0.3 is 4.74 Å². The van der Waals surface area contributed by atoms with Gasteiger partial charge >= 0.3 is 0 Å². The molecule has 0 radical (unpaired) electrons. The van der Waals surface area contributed by atoms with Gasteiger partial charge in [0.25, 0.3) is 5.91 Å². The van der Waals surface area contributed by atoms with Crippen molar-refractivity contribution in [3.8, 4) is 5.75 Å². The van der Waals surface area contributed by atoms with E-state index < -0.39 is 0 Å². The number of benzene rings is 1. The lowest BCUT2D eigenvalue weighted by molar-refractivity contribution is 0.102. The molecule has 0 aliphatic rings. The fourth-order valence-electron chi connectivity index (χ4n) is 2.29. The zero-order valence-corrected chi connectivity index (χ0v) is 12.9. The van der Waals surface area contributed by atoms with Crippen molar-refractivity contribution in [2.45, 2.75) is 0 Å². The number of anilines is 1. The number of hydrogen-bond acceptors (Lipinski definition) is 6. The number of rotatable bonds is 3. The molecule has 0 bridgehead atoms. The third-order valence-electron chi connectivity index (χ3n) is 3.35. The summed E-state index contributed by atoms with van der Waals surface area (Å²) in [6.07, 6.45) is 4.85. The molecule has 0 fully saturated rings. The second kappa shape index (κ2) is 5.33. The van der Waals surface area contributed by atoms with E-state index in [0.717, 1.165) is 10.2 Å². The van der Waals surface area contributed by atoms with Crippen molar-refractivity contribution >= 4 is 38.2 Å².